The number of aromatic nitrogens is 1. The van der Waals surface area contributed by atoms with E-state index in [-0.39, 0.29) is 6.04 Å². The van der Waals surface area contributed by atoms with Gasteiger partial charge in [-0.1, -0.05) is 0 Å². The van der Waals surface area contributed by atoms with Crippen molar-refractivity contribution in [1.29, 1.82) is 0 Å². The van der Waals surface area contributed by atoms with Gasteiger partial charge in [-0.25, -0.2) is 4.98 Å². The lowest BCUT2D eigenvalue weighted by Crippen LogP contribution is -2.52. The van der Waals surface area contributed by atoms with Crippen molar-refractivity contribution in [3.63, 3.8) is 0 Å². The van der Waals surface area contributed by atoms with Crippen molar-refractivity contribution < 1.29 is 22.4 Å². The molecule has 2 rings (SSSR count). The van der Waals surface area contributed by atoms with Crippen molar-refractivity contribution in [3.8, 4) is 0 Å². The van der Waals surface area contributed by atoms with Crippen molar-refractivity contribution >= 4 is 5.91 Å². The van der Waals surface area contributed by atoms with Gasteiger partial charge in [0.05, 0.1) is 0 Å². The van der Waals surface area contributed by atoms with Crippen LogP contribution >= 0.6 is 0 Å². The van der Waals surface area contributed by atoms with Gasteiger partial charge in [0.2, 0.25) is 5.76 Å². The standard InChI is InChI=1S/C10H12F3N3O2/c1-6-4-14-2-3-16(6)9(17)7-8(10(11,12)13)18-5-15-7/h5-6,14H,2-4H2,1H3/t6-/m1/s1. The van der Waals surface area contributed by atoms with Gasteiger partial charge in [-0.15, -0.1) is 0 Å². The minimum atomic E-state index is -4.71. The molecular formula is C10H12F3N3O2. The maximum Gasteiger partial charge on any atom is 0.452 e. The van der Waals surface area contributed by atoms with Gasteiger partial charge in [-0.2, -0.15) is 13.2 Å². The molecule has 1 saturated heterocycles. The summed E-state index contributed by atoms with van der Waals surface area (Å²) in [5, 5.41) is 3.05. The predicted octanol–water partition coefficient (Wildman–Crippen LogP) is 1.13. The lowest BCUT2D eigenvalue weighted by atomic mass is 10.2. The number of carbonyl (C=O) groups excluding carboxylic acids is 1. The van der Waals surface area contributed by atoms with Crippen LogP contribution in [0.2, 0.25) is 0 Å². The molecule has 1 aromatic rings. The molecule has 0 radical (unpaired) electrons. The number of piperazine rings is 1. The molecule has 0 bridgehead atoms. The molecular weight excluding hydrogens is 251 g/mol. The Labute approximate surface area is 101 Å². The third kappa shape index (κ3) is 2.33. The van der Waals surface area contributed by atoms with Gasteiger partial charge in [0.1, 0.15) is 0 Å². The first kappa shape index (κ1) is 12.9. The molecule has 8 heteroatoms. The van der Waals surface area contributed by atoms with Gasteiger partial charge in [-0.3, -0.25) is 4.79 Å². The highest BCUT2D eigenvalue weighted by molar-refractivity contribution is 5.93. The molecule has 0 spiro atoms. The number of hydrogen-bond donors (Lipinski definition) is 1. The summed E-state index contributed by atoms with van der Waals surface area (Å²) in [5.74, 6) is -2.08. The Hall–Kier alpha value is -1.57. The highest BCUT2D eigenvalue weighted by atomic mass is 19.4. The molecule has 0 aromatic carbocycles. The third-order valence-electron chi connectivity index (χ3n) is 2.79. The van der Waals surface area contributed by atoms with Crippen LogP contribution in [-0.4, -0.2) is 41.5 Å². The summed E-state index contributed by atoms with van der Waals surface area (Å²) < 4.78 is 42.0. The van der Waals surface area contributed by atoms with Crippen LogP contribution in [0.25, 0.3) is 0 Å². The normalized spacial score (nSPS) is 21.1. The molecule has 1 N–H and O–H groups in total. The number of nitrogens with one attached hydrogen (secondary N) is 1. The summed E-state index contributed by atoms with van der Waals surface area (Å²) in [6.45, 7) is 3.21. The molecule has 100 valence electrons. The summed E-state index contributed by atoms with van der Waals surface area (Å²) >= 11 is 0. The van der Waals surface area contributed by atoms with Crippen LogP contribution in [0, 0.1) is 0 Å². The van der Waals surface area contributed by atoms with E-state index < -0.39 is 23.5 Å². The largest absolute Gasteiger partial charge is 0.452 e. The summed E-state index contributed by atoms with van der Waals surface area (Å²) in [6, 6.07) is -0.177. The summed E-state index contributed by atoms with van der Waals surface area (Å²) in [5.41, 5.74) is -0.670. The van der Waals surface area contributed by atoms with Gasteiger partial charge >= 0.3 is 6.18 Å². The predicted molar refractivity (Wildman–Crippen MR) is 54.9 cm³/mol. The Morgan fingerprint density at radius 2 is 2.33 bits per heavy atom. The number of oxazole rings is 1. The number of alkyl halides is 3. The van der Waals surface area contributed by atoms with Crippen LogP contribution in [0.3, 0.4) is 0 Å². The van der Waals surface area contributed by atoms with E-state index in [1.165, 1.54) is 4.90 Å². The zero-order chi connectivity index (χ0) is 13.3. The van der Waals surface area contributed by atoms with Crippen LogP contribution in [0.15, 0.2) is 10.8 Å². The highest BCUT2D eigenvalue weighted by Crippen LogP contribution is 2.32. The first-order valence-electron chi connectivity index (χ1n) is 5.43. The Morgan fingerprint density at radius 1 is 1.61 bits per heavy atom. The average molecular weight is 263 g/mol. The monoisotopic (exact) mass is 263 g/mol. The molecule has 0 unspecified atom stereocenters. The number of hydrogen-bond acceptors (Lipinski definition) is 4. The SMILES string of the molecule is C[C@@H]1CNCCN1C(=O)c1ncoc1C(F)(F)F. The fraction of sp³-hybridized carbons (Fsp3) is 0.600. The van der Waals surface area contributed by atoms with Gasteiger partial charge in [0.15, 0.2) is 12.1 Å². The highest BCUT2D eigenvalue weighted by Gasteiger charge is 2.42. The van der Waals surface area contributed by atoms with Gasteiger partial charge in [0.25, 0.3) is 5.91 Å². The molecule has 1 aliphatic heterocycles. The van der Waals surface area contributed by atoms with Gasteiger partial charge in [0, 0.05) is 25.7 Å². The second kappa shape index (κ2) is 4.60. The topological polar surface area (TPSA) is 58.4 Å². The lowest BCUT2D eigenvalue weighted by Gasteiger charge is -2.33. The van der Waals surface area contributed by atoms with Crippen LogP contribution in [-0.2, 0) is 6.18 Å². The van der Waals surface area contributed by atoms with Crippen molar-refractivity contribution in [2.24, 2.45) is 0 Å². The molecule has 0 saturated carbocycles. The van der Waals surface area contributed by atoms with E-state index in [4.69, 9.17) is 0 Å². The fourth-order valence-corrected chi connectivity index (χ4v) is 1.88. The number of rotatable bonds is 1. The quantitative estimate of drug-likeness (QED) is 0.825. The third-order valence-corrected chi connectivity index (χ3v) is 2.79. The zero-order valence-electron chi connectivity index (χ0n) is 9.62. The molecule has 18 heavy (non-hydrogen) atoms. The van der Waals surface area contributed by atoms with Crippen LogP contribution in [0.4, 0.5) is 13.2 Å². The number of amides is 1. The van der Waals surface area contributed by atoms with E-state index in [1.54, 1.807) is 6.92 Å². The van der Waals surface area contributed by atoms with Crippen LogP contribution < -0.4 is 5.32 Å². The van der Waals surface area contributed by atoms with Crippen molar-refractivity contribution in [2.45, 2.75) is 19.1 Å². The minimum Gasteiger partial charge on any atom is -0.438 e. The Bertz CT molecular complexity index is 444. The van der Waals surface area contributed by atoms with Crippen molar-refractivity contribution in [3.05, 3.63) is 17.8 Å². The molecule has 1 aliphatic rings. The summed E-state index contributed by atoms with van der Waals surface area (Å²) in [6.07, 6.45) is -4.07. The molecule has 1 aromatic heterocycles. The van der Waals surface area contributed by atoms with Crippen LogP contribution in [0.5, 0.6) is 0 Å². The van der Waals surface area contributed by atoms with E-state index in [0.29, 0.717) is 26.0 Å². The Kier molecular flexibility index (Phi) is 3.29. The van der Waals surface area contributed by atoms with E-state index in [2.05, 4.69) is 14.7 Å². The second-order valence-corrected chi connectivity index (χ2v) is 4.08. The van der Waals surface area contributed by atoms with E-state index >= 15 is 0 Å². The molecule has 2 heterocycles. The average Bonchev–Trinajstić information content (AvgIpc) is 2.77. The fourth-order valence-electron chi connectivity index (χ4n) is 1.88. The second-order valence-electron chi connectivity index (χ2n) is 4.08. The molecule has 0 aliphatic carbocycles. The van der Waals surface area contributed by atoms with E-state index in [1.807, 2.05) is 0 Å². The Balaban J connectivity index is 2.26. The lowest BCUT2D eigenvalue weighted by molar-refractivity contribution is -0.153. The van der Waals surface area contributed by atoms with E-state index in [9.17, 15) is 18.0 Å². The zero-order valence-corrected chi connectivity index (χ0v) is 9.62. The van der Waals surface area contributed by atoms with Gasteiger partial charge < -0.3 is 14.6 Å². The molecule has 1 fully saturated rings. The van der Waals surface area contributed by atoms with Crippen LogP contribution in [0.1, 0.15) is 23.2 Å². The van der Waals surface area contributed by atoms with E-state index in [0.717, 1.165) is 0 Å². The summed E-state index contributed by atoms with van der Waals surface area (Å²) in [7, 11) is 0. The maximum atomic E-state index is 12.6. The van der Waals surface area contributed by atoms with Crippen molar-refractivity contribution in [1.82, 2.24) is 15.2 Å². The Morgan fingerprint density at radius 3 is 2.94 bits per heavy atom. The van der Waals surface area contributed by atoms with Gasteiger partial charge in [-0.05, 0) is 6.92 Å². The number of carbonyl (C=O) groups is 1. The first-order valence-corrected chi connectivity index (χ1v) is 5.43. The molecule has 1 amide bonds. The number of nitrogens with zero attached hydrogens (tertiary/aromatic N) is 2. The summed E-state index contributed by atoms with van der Waals surface area (Å²) in [4.78, 5) is 16.8. The minimum absolute atomic E-state index is 0.177. The molecule has 5 nitrogen and oxygen atoms in total. The first-order chi connectivity index (χ1) is 8.41. The number of halogens is 3. The van der Waals surface area contributed by atoms with Crippen molar-refractivity contribution in [2.75, 3.05) is 19.6 Å². The maximum absolute atomic E-state index is 12.6. The smallest absolute Gasteiger partial charge is 0.438 e. The molecule has 1 atom stereocenters.